The van der Waals surface area contributed by atoms with Gasteiger partial charge in [-0.05, 0) is 28.7 Å². The normalized spacial score (nSPS) is 19.6. The number of carbonyl (C=O) groups excluding carboxylic acids is 2. The van der Waals surface area contributed by atoms with Crippen LogP contribution in [0.3, 0.4) is 0 Å². The highest BCUT2D eigenvalue weighted by molar-refractivity contribution is 5.80. The van der Waals surface area contributed by atoms with Crippen LogP contribution in [0.1, 0.15) is 29.9 Å². The molecule has 8 nitrogen and oxygen atoms in total. The van der Waals surface area contributed by atoms with Crippen LogP contribution in [0, 0.1) is 5.92 Å². The van der Waals surface area contributed by atoms with Gasteiger partial charge in [-0.15, -0.1) is 0 Å². The van der Waals surface area contributed by atoms with E-state index >= 15 is 0 Å². The quantitative estimate of drug-likeness (QED) is 0.500. The Morgan fingerprint density at radius 2 is 1.69 bits per heavy atom. The second-order valence-corrected chi connectivity index (χ2v) is 8.64. The highest BCUT2D eigenvalue weighted by atomic mass is 19.3. The summed E-state index contributed by atoms with van der Waals surface area (Å²) < 4.78 is 36.9. The largest absolute Gasteiger partial charge is 0.481 e. The maximum atomic E-state index is 13.0. The molecule has 0 spiro atoms. The van der Waals surface area contributed by atoms with Gasteiger partial charge in [-0.3, -0.25) is 9.59 Å². The zero-order valence-electron chi connectivity index (χ0n) is 18.8. The summed E-state index contributed by atoms with van der Waals surface area (Å²) in [6.07, 6.45) is -4.77. The van der Waals surface area contributed by atoms with Crippen molar-refractivity contribution in [2.75, 3.05) is 19.8 Å². The second-order valence-electron chi connectivity index (χ2n) is 8.64. The smallest absolute Gasteiger partial charge is 0.407 e. The Balaban J connectivity index is 1.24. The molecule has 2 aromatic rings. The Bertz CT molecular complexity index is 1050. The number of carbonyl (C=O) groups is 3. The van der Waals surface area contributed by atoms with Crippen molar-refractivity contribution in [3.63, 3.8) is 0 Å². The number of alkyl halides is 2. The van der Waals surface area contributed by atoms with Gasteiger partial charge in [0.15, 0.2) is 0 Å². The van der Waals surface area contributed by atoms with Crippen molar-refractivity contribution in [3.8, 4) is 11.1 Å². The molecule has 0 aromatic heterocycles. The summed E-state index contributed by atoms with van der Waals surface area (Å²) in [7, 11) is 0. The van der Waals surface area contributed by atoms with E-state index in [0.29, 0.717) is 0 Å². The number of hydrogen-bond acceptors (Lipinski definition) is 5. The van der Waals surface area contributed by atoms with Gasteiger partial charge in [-0.25, -0.2) is 13.6 Å². The average molecular weight is 488 g/mol. The summed E-state index contributed by atoms with van der Waals surface area (Å²) in [5.74, 6) is -2.90. The van der Waals surface area contributed by atoms with E-state index in [4.69, 9.17) is 14.6 Å². The second kappa shape index (κ2) is 10.8. The molecule has 2 aromatic carbocycles. The first kappa shape index (κ1) is 24.6. The molecule has 1 unspecified atom stereocenters. The fourth-order valence-corrected chi connectivity index (χ4v) is 4.57. The van der Waals surface area contributed by atoms with Crippen molar-refractivity contribution >= 4 is 18.0 Å². The molecule has 0 saturated carbocycles. The number of benzene rings is 2. The zero-order valence-corrected chi connectivity index (χ0v) is 18.8. The van der Waals surface area contributed by atoms with Gasteiger partial charge in [-0.1, -0.05) is 48.5 Å². The van der Waals surface area contributed by atoms with E-state index in [1.807, 2.05) is 48.5 Å². The monoisotopic (exact) mass is 488 g/mol. The van der Waals surface area contributed by atoms with Crippen molar-refractivity contribution in [2.45, 2.75) is 37.3 Å². The van der Waals surface area contributed by atoms with Crippen molar-refractivity contribution in [1.29, 1.82) is 0 Å². The third kappa shape index (κ3) is 5.76. The van der Waals surface area contributed by atoms with Crippen LogP contribution >= 0.6 is 0 Å². The number of rotatable bonds is 9. The van der Waals surface area contributed by atoms with Crippen molar-refractivity contribution < 1.29 is 37.7 Å². The lowest BCUT2D eigenvalue weighted by Gasteiger charge is -2.18. The number of carboxylic acids is 1. The number of aliphatic carboxylic acids is 1. The van der Waals surface area contributed by atoms with E-state index in [1.165, 1.54) is 0 Å². The first-order chi connectivity index (χ1) is 16.8. The number of carboxylic acid groups (broad SMARTS) is 1. The lowest BCUT2D eigenvalue weighted by Crippen LogP contribution is -2.44. The number of ether oxygens (including phenoxy) is 2. The van der Waals surface area contributed by atoms with Gasteiger partial charge < -0.3 is 25.2 Å². The van der Waals surface area contributed by atoms with E-state index in [0.717, 1.165) is 22.3 Å². The number of alkyl carbamates (subject to hydrolysis) is 1. The minimum atomic E-state index is -3.00. The van der Waals surface area contributed by atoms with E-state index in [-0.39, 0.29) is 32.1 Å². The van der Waals surface area contributed by atoms with Gasteiger partial charge in [0.25, 0.3) is 6.43 Å². The maximum absolute atomic E-state index is 13.0. The minimum Gasteiger partial charge on any atom is -0.481 e. The molecule has 1 saturated heterocycles. The molecule has 0 bridgehead atoms. The molecule has 186 valence electrons. The number of hydrogen-bond donors (Lipinski definition) is 3. The van der Waals surface area contributed by atoms with E-state index in [1.54, 1.807) is 0 Å². The van der Waals surface area contributed by atoms with Crippen LogP contribution in [0.25, 0.3) is 11.1 Å². The topological polar surface area (TPSA) is 114 Å². The van der Waals surface area contributed by atoms with Gasteiger partial charge >= 0.3 is 12.1 Å². The highest BCUT2D eigenvalue weighted by Crippen LogP contribution is 2.44. The first-order valence-electron chi connectivity index (χ1n) is 11.3. The van der Waals surface area contributed by atoms with Crippen LogP contribution in [0.2, 0.25) is 0 Å². The van der Waals surface area contributed by atoms with Gasteiger partial charge in [0.2, 0.25) is 5.91 Å². The third-order valence-corrected chi connectivity index (χ3v) is 6.30. The van der Waals surface area contributed by atoms with Crippen molar-refractivity contribution in [3.05, 3.63) is 59.7 Å². The predicted octanol–water partition coefficient (Wildman–Crippen LogP) is 3.15. The lowest BCUT2D eigenvalue weighted by atomic mass is 9.98. The standard InChI is InChI=1S/C25H26F2N2O6/c26-23(27)21(10-22(30)31)29-24(32)14-9-15(34-12-14)11-28-25(33)35-13-20-18-7-3-1-5-16(18)17-6-2-4-8-19(17)20/h1-8,14-15,20-21,23H,9-13H2,(H,28,33)(H,29,32)(H,30,31)/t14-,15-,21?/m0/s1. The molecule has 0 radical (unpaired) electrons. The lowest BCUT2D eigenvalue weighted by molar-refractivity contribution is -0.139. The first-order valence-corrected chi connectivity index (χ1v) is 11.3. The molecule has 35 heavy (non-hydrogen) atoms. The molecular weight excluding hydrogens is 462 g/mol. The van der Waals surface area contributed by atoms with Crippen LogP contribution in [-0.4, -0.2) is 61.4 Å². The molecule has 1 aliphatic carbocycles. The fourth-order valence-electron chi connectivity index (χ4n) is 4.57. The van der Waals surface area contributed by atoms with Crippen LogP contribution < -0.4 is 10.6 Å². The van der Waals surface area contributed by atoms with Crippen LogP contribution in [0.15, 0.2) is 48.5 Å². The fraction of sp³-hybridized carbons (Fsp3) is 0.400. The summed E-state index contributed by atoms with van der Waals surface area (Å²) in [5, 5.41) is 13.4. The van der Waals surface area contributed by atoms with Gasteiger partial charge in [0, 0.05) is 12.5 Å². The minimum absolute atomic E-state index is 0.00804. The molecule has 1 fully saturated rings. The molecule has 1 aliphatic heterocycles. The molecule has 2 amide bonds. The molecule has 2 aliphatic rings. The Kier molecular flexibility index (Phi) is 7.60. The molecule has 3 atom stereocenters. The van der Waals surface area contributed by atoms with Crippen LogP contribution in [-0.2, 0) is 19.1 Å². The maximum Gasteiger partial charge on any atom is 0.407 e. The van der Waals surface area contributed by atoms with Crippen molar-refractivity contribution in [2.24, 2.45) is 5.92 Å². The Labute approximate surface area is 200 Å². The number of fused-ring (bicyclic) bond motifs is 3. The summed E-state index contributed by atoms with van der Waals surface area (Å²) in [6.45, 7) is 0.245. The number of halogens is 2. The summed E-state index contributed by atoms with van der Waals surface area (Å²) >= 11 is 0. The number of nitrogens with one attached hydrogen (secondary N) is 2. The SMILES string of the molecule is O=C(O)CC(NC(=O)[C@@H]1CO[C@H](CNC(=O)OCC2c3ccccc3-c3ccccc32)C1)C(F)F. The predicted molar refractivity (Wildman–Crippen MR) is 121 cm³/mol. The molecule has 10 heteroatoms. The summed E-state index contributed by atoms with van der Waals surface area (Å²) in [5.41, 5.74) is 4.44. The molecule has 4 rings (SSSR count). The average Bonchev–Trinajstić information content (AvgIpc) is 3.44. The van der Waals surface area contributed by atoms with Gasteiger partial charge in [0.05, 0.1) is 25.0 Å². The van der Waals surface area contributed by atoms with E-state index in [9.17, 15) is 23.2 Å². The van der Waals surface area contributed by atoms with E-state index < -0.39 is 48.9 Å². The van der Waals surface area contributed by atoms with Crippen LogP contribution in [0.5, 0.6) is 0 Å². The highest BCUT2D eigenvalue weighted by Gasteiger charge is 2.34. The van der Waals surface area contributed by atoms with Gasteiger partial charge in [-0.2, -0.15) is 0 Å². The molecule has 3 N–H and O–H groups in total. The van der Waals surface area contributed by atoms with Crippen LogP contribution in [0.4, 0.5) is 13.6 Å². The molecule has 1 heterocycles. The zero-order chi connectivity index (χ0) is 24.9. The Hall–Kier alpha value is -3.53. The third-order valence-electron chi connectivity index (χ3n) is 6.30. The molecular formula is C25H26F2N2O6. The Morgan fingerprint density at radius 1 is 1.06 bits per heavy atom. The number of amides is 2. The summed E-state index contributed by atoms with van der Waals surface area (Å²) in [6, 6.07) is 14.2. The summed E-state index contributed by atoms with van der Waals surface area (Å²) in [4.78, 5) is 35.3. The van der Waals surface area contributed by atoms with E-state index in [2.05, 4.69) is 10.6 Å². The Morgan fingerprint density at radius 3 is 2.29 bits per heavy atom. The van der Waals surface area contributed by atoms with Crippen molar-refractivity contribution in [1.82, 2.24) is 10.6 Å². The van der Waals surface area contributed by atoms with Gasteiger partial charge in [0.1, 0.15) is 12.6 Å².